The molecule has 2 fully saturated rings. The number of imide groups is 1. The summed E-state index contributed by atoms with van der Waals surface area (Å²) in [5, 5.41) is 2.76. The van der Waals surface area contributed by atoms with Gasteiger partial charge in [0.15, 0.2) is 11.5 Å². The molecular formula is C25H27N3O5. The van der Waals surface area contributed by atoms with Crippen LogP contribution in [0, 0.1) is 0 Å². The molecule has 2 atom stereocenters. The number of carbonyl (C=O) groups excluding carboxylic acids is 3. The number of ether oxygens (including phenoxy) is 2. The van der Waals surface area contributed by atoms with Gasteiger partial charge in [0.2, 0.25) is 5.91 Å². The lowest BCUT2D eigenvalue weighted by Gasteiger charge is -2.27. The quantitative estimate of drug-likeness (QED) is 0.725. The Morgan fingerprint density at radius 1 is 1.06 bits per heavy atom. The number of hydrogen-bond donors (Lipinski definition) is 1. The van der Waals surface area contributed by atoms with E-state index in [4.69, 9.17) is 9.47 Å². The van der Waals surface area contributed by atoms with Crippen molar-refractivity contribution in [2.45, 2.75) is 37.8 Å². The first-order chi connectivity index (χ1) is 16.0. The molecule has 172 valence electrons. The van der Waals surface area contributed by atoms with Crippen molar-refractivity contribution < 1.29 is 23.9 Å². The van der Waals surface area contributed by atoms with Crippen LogP contribution in [0.1, 0.15) is 43.4 Å². The number of hydrogen-bond acceptors (Lipinski definition) is 5. The van der Waals surface area contributed by atoms with Crippen molar-refractivity contribution in [1.29, 1.82) is 0 Å². The Hall–Kier alpha value is -3.55. The third-order valence-corrected chi connectivity index (χ3v) is 6.65. The van der Waals surface area contributed by atoms with Crippen molar-refractivity contribution in [1.82, 2.24) is 15.1 Å². The number of nitrogens with zero attached hydrogens (tertiary/aromatic N) is 2. The molecular weight excluding hydrogens is 422 g/mol. The third kappa shape index (κ3) is 3.79. The Morgan fingerprint density at radius 2 is 1.82 bits per heavy atom. The van der Waals surface area contributed by atoms with Crippen LogP contribution in [-0.2, 0) is 15.1 Å². The zero-order chi connectivity index (χ0) is 23.0. The van der Waals surface area contributed by atoms with Crippen LogP contribution in [0.5, 0.6) is 11.5 Å². The SMILES string of the molecule is C[C@@]1(c2ccccc2)NC(=O)N(CC(=O)N2CCC[C@@H]2c2ccc3c(c2)OCCCO3)C1=O. The molecule has 4 amide bonds. The molecule has 3 heterocycles. The van der Waals surface area contributed by atoms with Gasteiger partial charge in [0.25, 0.3) is 5.91 Å². The maximum atomic E-state index is 13.3. The number of amides is 4. The van der Waals surface area contributed by atoms with E-state index in [0.717, 1.165) is 29.7 Å². The lowest BCUT2D eigenvalue weighted by atomic mass is 9.92. The van der Waals surface area contributed by atoms with E-state index in [1.807, 2.05) is 36.4 Å². The minimum atomic E-state index is -1.18. The van der Waals surface area contributed by atoms with E-state index < -0.39 is 17.5 Å². The molecule has 2 saturated heterocycles. The monoisotopic (exact) mass is 449 g/mol. The molecule has 0 unspecified atom stereocenters. The van der Waals surface area contributed by atoms with Gasteiger partial charge in [-0.1, -0.05) is 36.4 Å². The standard InChI is InChI=1S/C25H27N3O5/c1-25(18-7-3-2-4-8-18)23(30)28(24(31)26-25)16-22(29)27-12-5-9-19(27)17-10-11-20-21(15-17)33-14-6-13-32-20/h2-4,7-8,10-11,15,19H,5-6,9,12-14,16H2,1H3,(H,26,31)/t19-,25+/m1/s1. The summed E-state index contributed by atoms with van der Waals surface area (Å²) in [5.41, 5.74) is 0.471. The van der Waals surface area contributed by atoms with Gasteiger partial charge < -0.3 is 19.7 Å². The minimum Gasteiger partial charge on any atom is -0.490 e. The average Bonchev–Trinajstić information content (AvgIpc) is 3.30. The van der Waals surface area contributed by atoms with Gasteiger partial charge in [-0.05, 0) is 43.0 Å². The van der Waals surface area contributed by atoms with E-state index in [0.29, 0.717) is 36.8 Å². The first-order valence-electron chi connectivity index (χ1n) is 11.4. The lowest BCUT2D eigenvalue weighted by molar-refractivity contribution is -0.139. The fourth-order valence-electron chi connectivity index (χ4n) is 4.83. The highest BCUT2D eigenvalue weighted by molar-refractivity contribution is 6.09. The van der Waals surface area contributed by atoms with E-state index in [2.05, 4.69) is 5.32 Å². The van der Waals surface area contributed by atoms with Gasteiger partial charge >= 0.3 is 6.03 Å². The maximum absolute atomic E-state index is 13.3. The van der Waals surface area contributed by atoms with Crippen molar-refractivity contribution >= 4 is 17.8 Å². The molecule has 0 saturated carbocycles. The van der Waals surface area contributed by atoms with Crippen LogP contribution < -0.4 is 14.8 Å². The van der Waals surface area contributed by atoms with E-state index in [-0.39, 0.29) is 18.5 Å². The predicted octanol–water partition coefficient (Wildman–Crippen LogP) is 2.98. The van der Waals surface area contributed by atoms with Crippen molar-refractivity contribution in [2.24, 2.45) is 0 Å². The zero-order valence-electron chi connectivity index (χ0n) is 18.6. The second-order valence-corrected chi connectivity index (χ2v) is 8.81. The summed E-state index contributed by atoms with van der Waals surface area (Å²) in [7, 11) is 0. The van der Waals surface area contributed by atoms with Crippen molar-refractivity contribution in [3.05, 3.63) is 59.7 Å². The Balaban J connectivity index is 1.33. The van der Waals surface area contributed by atoms with Crippen LogP contribution in [0.25, 0.3) is 0 Å². The second-order valence-electron chi connectivity index (χ2n) is 8.81. The summed E-state index contributed by atoms with van der Waals surface area (Å²) in [6.45, 7) is 3.18. The highest BCUT2D eigenvalue weighted by Gasteiger charge is 2.50. The van der Waals surface area contributed by atoms with Gasteiger partial charge in [-0.3, -0.25) is 14.5 Å². The Kier molecular flexibility index (Phi) is 5.44. The molecule has 2 aromatic carbocycles. The Bertz CT molecular complexity index is 1090. The van der Waals surface area contributed by atoms with Crippen LogP contribution in [-0.4, -0.2) is 53.9 Å². The summed E-state index contributed by atoms with van der Waals surface area (Å²) >= 11 is 0. The number of nitrogens with one attached hydrogen (secondary N) is 1. The summed E-state index contributed by atoms with van der Waals surface area (Å²) < 4.78 is 11.5. The van der Waals surface area contributed by atoms with Crippen molar-refractivity contribution in [2.75, 3.05) is 26.3 Å². The fourth-order valence-corrected chi connectivity index (χ4v) is 4.83. The van der Waals surface area contributed by atoms with Crippen LogP contribution >= 0.6 is 0 Å². The maximum Gasteiger partial charge on any atom is 0.325 e. The highest BCUT2D eigenvalue weighted by Crippen LogP contribution is 2.38. The number of fused-ring (bicyclic) bond motifs is 1. The minimum absolute atomic E-state index is 0.129. The smallest absolute Gasteiger partial charge is 0.325 e. The second kappa shape index (κ2) is 8.42. The average molecular weight is 450 g/mol. The first-order valence-corrected chi connectivity index (χ1v) is 11.4. The number of benzene rings is 2. The molecule has 33 heavy (non-hydrogen) atoms. The summed E-state index contributed by atoms with van der Waals surface area (Å²) in [6.07, 6.45) is 2.49. The number of rotatable bonds is 4. The molecule has 0 radical (unpaired) electrons. The lowest BCUT2D eigenvalue weighted by Crippen LogP contribution is -2.44. The number of likely N-dealkylation sites (tertiary alicyclic amines) is 1. The van der Waals surface area contributed by atoms with Gasteiger partial charge in [0, 0.05) is 13.0 Å². The van der Waals surface area contributed by atoms with E-state index >= 15 is 0 Å². The molecule has 3 aliphatic rings. The third-order valence-electron chi connectivity index (χ3n) is 6.65. The topological polar surface area (TPSA) is 88.2 Å². The molecule has 8 heteroatoms. The van der Waals surface area contributed by atoms with E-state index in [1.54, 1.807) is 24.0 Å². The number of urea groups is 1. The largest absolute Gasteiger partial charge is 0.490 e. The van der Waals surface area contributed by atoms with E-state index in [1.165, 1.54) is 0 Å². The normalized spacial score (nSPS) is 24.6. The Morgan fingerprint density at radius 3 is 2.61 bits per heavy atom. The Labute approximate surface area is 192 Å². The van der Waals surface area contributed by atoms with Crippen LogP contribution in [0.15, 0.2) is 48.5 Å². The molecule has 0 spiro atoms. The van der Waals surface area contributed by atoms with Gasteiger partial charge in [-0.25, -0.2) is 4.79 Å². The van der Waals surface area contributed by atoms with Crippen molar-refractivity contribution in [3.8, 4) is 11.5 Å². The molecule has 8 nitrogen and oxygen atoms in total. The first kappa shape index (κ1) is 21.3. The molecule has 0 aliphatic carbocycles. The van der Waals surface area contributed by atoms with Gasteiger partial charge in [0.1, 0.15) is 12.1 Å². The van der Waals surface area contributed by atoms with Gasteiger partial charge in [-0.2, -0.15) is 0 Å². The summed E-state index contributed by atoms with van der Waals surface area (Å²) in [5.74, 6) is 0.743. The van der Waals surface area contributed by atoms with Crippen molar-refractivity contribution in [3.63, 3.8) is 0 Å². The van der Waals surface area contributed by atoms with Crippen LogP contribution in [0.2, 0.25) is 0 Å². The molecule has 0 bridgehead atoms. The number of carbonyl (C=O) groups is 3. The van der Waals surface area contributed by atoms with E-state index in [9.17, 15) is 14.4 Å². The van der Waals surface area contributed by atoms with Gasteiger partial charge in [0.05, 0.1) is 19.3 Å². The summed E-state index contributed by atoms with van der Waals surface area (Å²) in [6, 6.07) is 14.2. The molecule has 2 aromatic rings. The molecule has 3 aliphatic heterocycles. The zero-order valence-corrected chi connectivity index (χ0v) is 18.6. The highest BCUT2D eigenvalue weighted by atomic mass is 16.5. The van der Waals surface area contributed by atoms with Crippen LogP contribution in [0.3, 0.4) is 0 Å². The molecule has 1 N–H and O–H groups in total. The fraction of sp³-hybridized carbons (Fsp3) is 0.400. The van der Waals surface area contributed by atoms with Gasteiger partial charge in [-0.15, -0.1) is 0 Å². The molecule has 5 rings (SSSR count). The van der Waals surface area contributed by atoms with Crippen LogP contribution in [0.4, 0.5) is 4.79 Å². The summed E-state index contributed by atoms with van der Waals surface area (Å²) in [4.78, 5) is 41.9. The molecule has 0 aromatic heterocycles. The predicted molar refractivity (Wildman–Crippen MR) is 120 cm³/mol.